The Labute approximate surface area is 161 Å². The fourth-order valence-electron chi connectivity index (χ4n) is 2.48. The van der Waals surface area contributed by atoms with Crippen molar-refractivity contribution in [2.24, 2.45) is 5.92 Å². The van der Waals surface area contributed by atoms with Crippen molar-refractivity contribution in [3.8, 4) is 5.75 Å². The molecular formula is C22H28N2O3. The van der Waals surface area contributed by atoms with Crippen molar-refractivity contribution in [2.45, 2.75) is 40.5 Å². The van der Waals surface area contributed by atoms with Crippen molar-refractivity contribution < 1.29 is 14.3 Å². The van der Waals surface area contributed by atoms with E-state index in [2.05, 4.69) is 24.5 Å². The predicted octanol–water partition coefficient (Wildman–Crippen LogP) is 5.02. The van der Waals surface area contributed by atoms with Gasteiger partial charge in [-0.1, -0.05) is 32.9 Å². The number of carbonyl (C=O) groups excluding carboxylic acids is 2. The van der Waals surface area contributed by atoms with Crippen molar-refractivity contribution >= 4 is 23.2 Å². The van der Waals surface area contributed by atoms with Gasteiger partial charge in [-0.15, -0.1) is 0 Å². The van der Waals surface area contributed by atoms with Gasteiger partial charge in [0, 0.05) is 23.4 Å². The second kappa shape index (κ2) is 9.76. The number of rotatable bonds is 8. The molecule has 144 valence electrons. The molecule has 2 aromatic rings. The van der Waals surface area contributed by atoms with Gasteiger partial charge in [-0.3, -0.25) is 9.59 Å². The number of ether oxygens (including phenoxy) is 1. The smallest absolute Gasteiger partial charge is 0.255 e. The Morgan fingerprint density at radius 1 is 1.04 bits per heavy atom. The Kier molecular flexibility index (Phi) is 7.41. The van der Waals surface area contributed by atoms with Crippen LogP contribution in [0, 0.1) is 12.8 Å². The lowest BCUT2D eigenvalue weighted by Crippen LogP contribution is -2.15. The van der Waals surface area contributed by atoms with E-state index in [-0.39, 0.29) is 11.8 Å². The summed E-state index contributed by atoms with van der Waals surface area (Å²) in [4.78, 5) is 24.3. The maximum absolute atomic E-state index is 12.6. The number of hydrogen-bond donors (Lipinski definition) is 2. The van der Waals surface area contributed by atoms with Gasteiger partial charge in [0.1, 0.15) is 5.75 Å². The molecule has 0 heterocycles. The van der Waals surface area contributed by atoms with E-state index in [1.807, 2.05) is 31.2 Å². The zero-order valence-electron chi connectivity index (χ0n) is 16.5. The van der Waals surface area contributed by atoms with E-state index in [0.29, 0.717) is 41.6 Å². The van der Waals surface area contributed by atoms with Crippen molar-refractivity contribution in [2.75, 3.05) is 17.2 Å². The van der Waals surface area contributed by atoms with Crippen LogP contribution in [0.15, 0.2) is 42.5 Å². The quantitative estimate of drug-likeness (QED) is 0.687. The number of nitrogens with one attached hydrogen (secondary N) is 2. The number of anilines is 2. The summed E-state index contributed by atoms with van der Waals surface area (Å²) in [6, 6.07) is 12.6. The van der Waals surface area contributed by atoms with E-state index in [9.17, 15) is 9.59 Å². The van der Waals surface area contributed by atoms with Crippen molar-refractivity contribution in [1.29, 1.82) is 0 Å². The first kappa shape index (κ1) is 20.5. The van der Waals surface area contributed by atoms with E-state index < -0.39 is 0 Å². The Hall–Kier alpha value is -2.82. The zero-order chi connectivity index (χ0) is 19.8. The molecule has 0 aromatic heterocycles. The monoisotopic (exact) mass is 368 g/mol. The molecular weight excluding hydrogens is 340 g/mol. The van der Waals surface area contributed by atoms with Crippen LogP contribution in [-0.4, -0.2) is 18.4 Å². The van der Waals surface area contributed by atoms with Crippen molar-refractivity contribution in [3.05, 3.63) is 53.6 Å². The fourth-order valence-corrected chi connectivity index (χ4v) is 2.48. The Bertz CT molecular complexity index is 800. The van der Waals surface area contributed by atoms with Crippen LogP contribution in [0.5, 0.6) is 5.75 Å². The standard InChI is InChI=1S/C22H28N2O3/c1-5-21(25)23-19-10-7-11-20(16(19)4)24-22(26)17-8-6-9-18(14-17)27-13-12-15(2)3/h6-11,14-15H,5,12-13H2,1-4H3,(H,23,25)(H,24,26). The maximum atomic E-state index is 12.6. The summed E-state index contributed by atoms with van der Waals surface area (Å²) >= 11 is 0. The molecule has 0 fully saturated rings. The highest BCUT2D eigenvalue weighted by Crippen LogP contribution is 2.24. The van der Waals surface area contributed by atoms with Crippen LogP contribution in [0.1, 0.15) is 49.5 Å². The molecule has 2 rings (SSSR count). The van der Waals surface area contributed by atoms with E-state index >= 15 is 0 Å². The number of amides is 2. The van der Waals surface area contributed by atoms with Crippen LogP contribution >= 0.6 is 0 Å². The van der Waals surface area contributed by atoms with Crippen molar-refractivity contribution in [1.82, 2.24) is 0 Å². The topological polar surface area (TPSA) is 67.4 Å². The molecule has 0 saturated carbocycles. The first-order chi connectivity index (χ1) is 12.9. The molecule has 0 radical (unpaired) electrons. The molecule has 2 N–H and O–H groups in total. The minimum absolute atomic E-state index is 0.0622. The Morgan fingerprint density at radius 3 is 2.37 bits per heavy atom. The Balaban J connectivity index is 2.09. The summed E-state index contributed by atoms with van der Waals surface area (Å²) in [5.74, 6) is 0.975. The summed E-state index contributed by atoms with van der Waals surface area (Å²) in [6.07, 6.45) is 1.37. The first-order valence-corrected chi connectivity index (χ1v) is 9.34. The van der Waals surface area contributed by atoms with E-state index in [0.717, 1.165) is 12.0 Å². The first-order valence-electron chi connectivity index (χ1n) is 9.34. The van der Waals surface area contributed by atoms with Gasteiger partial charge in [-0.25, -0.2) is 0 Å². The molecule has 0 saturated heterocycles. The lowest BCUT2D eigenvalue weighted by molar-refractivity contribution is -0.115. The third-order valence-electron chi connectivity index (χ3n) is 4.24. The third-order valence-corrected chi connectivity index (χ3v) is 4.24. The van der Waals surface area contributed by atoms with Crippen LogP contribution in [0.2, 0.25) is 0 Å². The second-order valence-corrected chi connectivity index (χ2v) is 6.89. The lowest BCUT2D eigenvalue weighted by atomic mass is 10.1. The number of benzene rings is 2. The molecule has 0 spiro atoms. The predicted molar refractivity (Wildman–Crippen MR) is 109 cm³/mol. The molecule has 0 aliphatic rings. The van der Waals surface area contributed by atoms with Crippen LogP contribution in [0.25, 0.3) is 0 Å². The summed E-state index contributed by atoms with van der Waals surface area (Å²) < 4.78 is 5.73. The summed E-state index contributed by atoms with van der Waals surface area (Å²) in [5, 5.41) is 5.76. The van der Waals surface area contributed by atoms with Crippen LogP contribution < -0.4 is 15.4 Å². The number of carbonyl (C=O) groups is 2. The second-order valence-electron chi connectivity index (χ2n) is 6.89. The van der Waals surface area contributed by atoms with E-state index in [4.69, 9.17) is 4.74 Å². The van der Waals surface area contributed by atoms with Crippen LogP contribution in [-0.2, 0) is 4.79 Å². The van der Waals surface area contributed by atoms with E-state index in [1.54, 1.807) is 25.1 Å². The van der Waals surface area contributed by atoms with E-state index in [1.165, 1.54) is 0 Å². The van der Waals surface area contributed by atoms with Gasteiger partial charge < -0.3 is 15.4 Å². The molecule has 0 bridgehead atoms. The summed E-state index contributed by atoms with van der Waals surface area (Å²) in [7, 11) is 0. The molecule has 5 nitrogen and oxygen atoms in total. The largest absolute Gasteiger partial charge is 0.494 e. The molecule has 5 heteroatoms. The van der Waals surface area contributed by atoms with Crippen LogP contribution in [0.4, 0.5) is 11.4 Å². The third kappa shape index (κ3) is 6.13. The lowest BCUT2D eigenvalue weighted by Gasteiger charge is -2.14. The zero-order valence-corrected chi connectivity index (χ0v) is 16.5. The maximum Gasteiger partial charge on any atom is 0.255 e. The molecule has 0 aliphatic carbocycles. The minimum Gasteiger partial charge on any atom is -0.494 e. The van der Waals surface area contributed by atoms with Gasteiger partial charge >= 0.3 is 0 Å². The van der Waals surface area contributed by atoms with Gasteiger partial charge in [0.05, 0.1) is 6.61 Å². The normalized spacial score (nSPS) is 10.6. The van der Waals surface area contributed by atoms with Gasteiger partial charge in [0.2, 0.25) is 5.91 Å². The van der Waals surface area contributed by atoms with Crippen LogP contribution in [0.3, 0.4) is 0 Å². The van der Waals surface area contributed by atoms with Gasteiger partial charge in [0.25, 0.3) is 5.91 Å². The minimum atomic E-state index is -0.216. The van der Waals surface area contributed by atoms with Crippen molar-refractivity contribution in [3.63, 3.8) is 0 Å². The van der Waals surface area contributed by atoms with Gasteiger partial charge in [-0.05, 0) is 55.2 Å². The molecule has 0 unspecified atom stereocenters. The highest BCUT2D eigenvalue weighted by atomic mass is 16.5. The highest BCUT2D eigenvalue weighted by Gasteiger charge is 2.11. The fraction of sp³-hybridized carbons (Fsp3) is 0.364. The average molecular weight is 368 g/mol. The molecule has 27 heavy (non-hydrogen) atoms. The molecule has 2 amide bonds. The SMILES string of the molecule is CCC(=O)Nc1cccc(NC(=O)c2cccc(OCCC(C)C)c2)c1C. The van der Waals surface area contributed by atoms with Gasteiger partial charge in [-0.2, -0.15) is 0 Å². The summed E-state index contributed by atoms with van der Waals surface area (Å²) in [6.45, 7) is 8.58. The highest BCUT2D eigenvalue weighted by molar-refractivity contribution is 6.05. The van der Waals surface area contributed by atoms with Gasteiger partial charge in [0.15, 0.2) is 0 Å². The molecule has 0 aliphatic heterocycles. The average Bonchev–Trinajstić information content (AvgIpc) is 2.64. The number of hydrogen-bond acceptors (Lipinski definition) is 3. The molecule has 0 atom stereocenters. The summed E-state index contributed by atoms with van der Waals surface area (Å²) in [5.41, 5.74) is 2.71. The molecule has 2 aromatic carbocycles. The Morgan fingerprint density at radius 2 is 1.70 bits per heavy atom.